The van der Waals surface area contributed by atoms with Crippen molar-refractivity contribution >= 4 is 16.6 Å². The lowest BCUT2D eigenvalue weighted by Crippen LogP contribution is -2.21. The number of anilines is 1. The number of methoxy groups -OCH3 is 1. The summed E-state index contributed by atoms with van der Waals surface area (Å²) in [5, 5.41) is 11.5. The lowest BCUT2D eigenvalue weighted by molar-refractivity contribution is 0.196. The molecule has 0 unspecified atom stereocenters. The van der Waals surface area contributed by atoms with Crippen molar-refractivity contribution in [3.63, 3.8) is 0 Å². The molecule has 1 heterocycles. The molecule has 1 N–H and O–H groups in total. The molecule has 0 amide bonds. The highest BCUT2D eigenvalue weighted by Gasteiger charge is 2.10. The van der Waals surface area contributed by atoms with E-state index >= 15 is 0 Å². The fourth-order valence-electron chi connectivity index (χ4n) is 2.22. The Balaban J connectivity index is 2.33. The number of benzene rings is 1. The van der Waals surface area contributed by atoms with E-state index in [9.17, 15) is 5.11 Å². The average molecular weight is 260 g/mol. The molecule has 0 saturated heterocycles. The minimum Gasteiger partial charge on any atom is -0.392 e. The Bertz CT molecular complexity index is 543. The average Bonchev–Trinajstić information content (AvgIpc) is 2.46. The molecule has 1 aromatic carbocycles. The van der Waals surface area contributed by atoms with E-state index in [0.717, 1.165) is 41.7 Å². The highest BCUT2D eigenvalue weighted by atomic mass is 16.5. The van der Waals surface area contributed by atoms with E-state index in [-0.39, 0.29) is 6.61 Å². The van der Waals surface area contributed by atoms with Crippen LogP contribution >= 0.6 is 0 Å². The number of aromatic nitrogens is 1. The molecule has 0 saturated carbocycles. The van der Waals surface area contributed by atoms with E-state index in [4.69, 9.17) is 4.74 Å². The molecule has 4 heteroatoms. The van der Waals surface area contributed by atoms with Gasteiger partial charge in [-0.1, -0.05) is 24.3 Å². The summed E-state index contributed by atoms with van der Waals surface area (Å²) in [7, 11) is 3.74. The predicted molar refractivity (Wildman–Crippen MR) is 77.4 cm³/mol. The summed E-state index contributed by atoms with van der Waals surface area (Å²) in [5.41, 5.74) is 0.865. The summed E-state index contributed by atoms with van der Waals surface area (Å²) in [6.45, 7) is 1.65. The zero-order chi connectivity index (χ0) is 13.7. The minimum absolute atomic E-state index is 0.0151. The van der Waals surface area contributed by atoms with Gasteiger partial charge in [0.1, 0.15) is 5.82 Å². The van der Waals surface area contributed by atoms with Crippen LogP contribution in [-0.2, 0) is 11.3 Å². The Kier molecular flexibility index (Phi) is 4.71. The predicted octanol–water partition coefficient (Wildman–Crippen LogP) is 2.20. The lowest BCUT2D eigenvalue weighted by atomic mass is 10.1. The number of ether oxygens (including phenoxy) is 1. The number of nitrogens with zero attached hydrogens (tertiary/aromatic N) is 2. The maximum absolute atomic E-state index is 9.37. The van der Waals surface area contributed by atoms with E-state index in [0.29, 0.717) is 0 Å². The van der Waals surface area contributed by atoms with Gasteiger partial charge >= 0.3 is 0 Å². The van der Waals surface area contributed by atoms with E-state index in [1.807, 2.05) is 31.3 Å². The van der Waals surface area contributed by atoms with E-state index in [1.54, 1.807) is 13.3 Å². The van der Waals surface area contributed by atoms with Gasteiger partial charge in [0.25, 0.3) is 0 Å². The lowest BCUT2D eigenvalue weighted by Gasteiger charge is -2.20. The summed E-state index contributed by atoms with van der Waals surface area (Å²) in [5.74, 6) is 0.948. The van der Waals surface area contributed by atoms with Crippen LogP contribution < -0.4 is 4.90 Å². The smallest absolute Gasteiger partial charge is 0.136 e. The van der Waals surface area contributed by atoms with Crippen LogP contribution in [0.25, 0.3) is 10.8 Å². The molecule has 0 aliphatic heterocycles. The third kappa shape index (κ3) is 3.03. The molecule has 0 aliphatic rings. The van der Waals surface area contributed by atoms with Crippen molar-refractivity contribution in [1.82, 2.24) is 4.98 Å². The van der Waals surface area contributed by atoms with Crippen LogP contribution in [-0.4, -0.2) is 37.4 Å². The largest absolute Gasteiger partial charge is 0.392 e. The fourth-order valence-corrected chi connectivity index (χ4v) is 2.22. The Morgan fingerprint density at radius 3 is 2.68 bits per heavy atom. The van der Waals surface area contributed by atoms with Crippen molar-refractivity contribution in [2.45, 2.75) is 13.0 Å². The van der Waals surface area contributed by atoms with Crippen LogP contribution in [0, 0.1) is 0 Å². The van der Waals surface area contributed by atoms with Crippen LogP contribution in [0.4, 0.5) is 5.82 Å². The number of hydrogen-bond acceptors (Lipinski definition) is 4. The van der Waals surface area contributed by atoms with Gasteiger partial charge in [0.05, 0.1) is 6.61 Å². The summed E-state index contributed by atoms with van der Waals surface area (Å²) >= 11 is 0. The first kappa shape index (κ1) is 13.8. The topological polar surface area (TPSA) is 45.6 Å². The van der Waals surface area contributed by atoms with Crippen LogP contribution in [0.3, 0.4) is 0 Å². The molecule has 0 bridgehead atoms. The number of fused-ring (bicyclic) bond motifs is 1. The Morgan fingerprint density at radius 1 is 1.26 bits per heavy atom. The molecular weight excluding hydrogens is 240 g/mol. The quantitative estimate of drug-likeness (QED) is 0.809. The molecule has 1 aromatic heterocycles. The second-order valence-electron chi connectivity index (χ2n) is 4.58. The monoisotopic (exact) mass is 260 g/mol. The van der Waals surface area contributed by atoms with Gasteiger partial charge in [0, 0.05) is 44.5 Å². The Morgan fingerprint density at radius 2 is 2.00 bits per heavy atom. The van der Waals surface area contributed by atoms with Crippen LogP contribution in [0.5, 0.6) is 0 Å². The van der Waals surface area contributed by atoms with Gasteiger partial charge in [0.2, 0.25) is 0 Å². The van der Waals surface area contributed by atoms with Crippen LogP contribution in [0.2, 0.25) is 0 Å². The summed E-state index contributed by atoms with van der Waals surface area (Å²) in [6, 6.07) is 8.05. The maximum atomic E-state index is 9.37. The standard InChI is InChI=1S/C15H20N2O2/c1-17(8-5-9-19-2)15-14-7-4-3-6-13(14)12(11-18)10-16-15/h3-4,6-7,10,18H,5,8-9,11H2,1-2H3. The molecule has 19 heavy (non-hydrogen) atoms. The normalized spacial score (nSPS) is 10.9. The molecule has 2 rings (SSSR count). The van der Waals surface area contributed by atoms with Gasteiger partial charge in [-0.15, -0.1) is 0 Å². The Labute approximate surface area is 113 Å². The van der Waals surface area contributed by atoms with E-state index in [2.05, 4.69) is 9.88 Å². The number of pyridine rings is 1. The summed E-state index contributed by atoms with van der Waals surface area (Å²) in [6.07, 6.45) is 2.72. The first-order valence-electron chi connectivity index (χ1n) is 6.45. The zero-order valence-corrected chi connectivity index (χ0v) is 11.5. The van der Waals surface area contributed by atoms with Gasteiger partial charge in [-0.05, 0) is 11.8 Å². The Hall–Kier alpha value is -1.65. The highest BCUT2D eigenvalue weighted by molar-refractivity contribution is 5.94. The van der Waals surface area contributed by atoms with Gasteiger partial charge < -0.3 is 14.7 Å². The maximum Gasteiger partial charge on any atom is 0.136 e. The van der Waals surface area contributed by atoms with E-state index < -0.39 is 0 Å². The van der Waals surface area contributed by atoms with Crippen molar-refractivity contribution in [2.24, 2.45) is 0 Å². The van der Waals surface area contributed by atoms with Gasteiger partial charge in [-0.3, -0.25) is 0 Å². The second kappa shape index (κ2) is 6.50. The minimum atomic E-state index is 0.0151. The van der Waals surface area contributed by atoms with Gasteiger partial charge in [-0.25, -0.2) is 4.98 Å². The number of aliphatic hydroxyl groups excluding tert-OH is 1. The number of aliphatic hydroxyl groups is 1. The third-order valence-corrected chi connectivity index (χ3v) is 3.23. The SMILES string of the molecule is COCCCN(C)c1ncc(CO)c2ccccc12. The number of hydrogen-bond donors (Lipinski definition) is 1. The molecule has 2 aromatic rings. The molecule has 0 fully saturated rings. The first-order chi connectivity index (χ1) is 9.27. The van der Waals surface area contributed by atoms with Crippen LogP contribution in [0.15, 0.2) is 30.5 Å². The molecule has 0 atom stereocenters. The number of rotatable bonds is 6. The summed E-state index contributed by atoms with van der Waals surface area (Å²) in [4.78, 5) is 6.61. The second-order valence-corrected chi connectivity index (χ2v) is 4.58. The van der Waals surface area contributed by atoms with E-state index in [1.165, 1.54) is 0 Å². The zero-order valence-electron chi connectivity index (χ0n) is 11.5. The molecule has 0 spiro atoms. The fraction of sp³-hybridized carbons (Fsp3) is 0.400. The molecule has 0 aliphatic carbocycles. The summed E-state index contributed by atoms with van der Waals surface area (Å²) < 4.78 is 5.07. The molecule has 4 nitrogen and oxygen atoms in total. The van der Waals surface area contributed by atoms with Gasteiger partial charge in [-0.2, -0.15) is 0 Å². The molecular formula is C15H20N2O2. The third-order valence-electron chi connectivity index (χ3n) is 3.23. The van der Waals surface area contributed by atoms with Crippen molar-refractivity contribution in [1.29, 1.82) is 0 Å². The van der Waals surface area contributed by atoms with Crippen molar-refractivity contribution in [2.75, 3.05) is 32.2 Å². The first-order valence-corrected chi connectivity index (χ1v) is 6.45. The van der Waals surface area contributed by atoms with Crippen molar-refractivity contribution < 1.29 is 9.84 Å². The van der Waals surface area contributed by atoms with Crippen molar-refractivity contribution in [3.8, 4) is 0 Å². The van der Waals surface area contributed by atoms with Crippen LogP contribution in [0.1, 0.15) is 12.0 Å². The highest BCUT2D eigenvalue weighted by Crippen LogP contribution is 2.26. The van der Waals surface area contributed by atoms with Gasteiger partial charge in [0.15, 0.2) is 0 Å². The van der Waals surface area contributed by atoms with Crippen molar-refractivity contribution in [3.05, 3.63) is 36.0 Å². The molecule has 102 valence electrons. The molecule has 0 radical (unpaired) electrons.